The maximum absolute atomic E-state index is 5.82. The van der Waals surface area contributed by atoms with Crippen molar-refractivity contribution in [1.29, 1.82) is 0 Å². The van der Waals surface area contributed by atoms with Crippen LogP contribution in [0.1, 0.15) is 43.0 Å². The first-order chi connectivity index (χ1) is 12.5. The van der Waals surface area contributed by atoms with Crippen molar-refractivity contribution in [3.63, 3.8) is 0 Å². The molecule has 1 heteroatoms. The van der Waals surface area contributed by atoms with Crippen LogP contribution in [0, 0.1) is 19.3 Å². The summed E-state index contributed by atoms with van der Waals surface area (Å²) in [4.78, 5) is 0. The number of rotatable bonds is 3. The fourth-order valence-corrected chi connectivity index (χ4v) is 3.58. The van der Waals surface area contributed by atoms with E-state index in [1.807, 2.05) is 6.92 Å². The number of nitrogens with one attached hydrogen (secondary N) is 1. The van der Waals surface area contributed by atoms with Crippen molar-refractivity contribution in [3.05, 3.63) is 82.6 Å². The minimum atomic E-state index is 0.877. The molecule has 26 heavy (non-hydrogen) atoms. The molecule has 0 saturated heterocycles. The lowest BCUT2D eigenvalue weighted by molar-refractivity contribution is 1.14. The van der Waals surface area contributed by atoms with Crippen molar-refractivity contribution in [2.45, 2.75) is 34.1 Å². The lowest BCUT2D eigenvalue weighted by Crippen LogP contribution is -2.13. The second-order valence-electron chi connectivity index (χ2n) is 6.70. The number of hydrogen-bond acceptors (Lipinski definition) is 1. The normalized spacial score (nSPS) is 13.6. The highest BCUT2D eigenvalue weighted by atomic mass is 14.9. The van der Waals surface area contributed by atoms with Gasteiger partial charge in [0.1, 0.15) is 0 Å². The topological polar surface area (TPSA) is 12.0 Å². The molecule has 1 heterocycles. The van der Waals surface area contributed by atoms with Crippen LogP contribution in [0.15, 0.2) is 60.3 Å². The summed E-state index contributed by atoms with van der Waals surface area (Å²) in [5.41, 5.74) is 11.2. The van der Waals surface area contributed by atoms with Gasteiger partial charge in [0.15, 0.2) is 0 Å². The molecule has 0 amide bonds. The predicted molar refractivity (Wildman–Crippen MR) is 114 cm³/mol. The molecule has 0 aliphatic carbocycles. The molecule has 0 spiro atoms. The van der Waals surface area contributed by atoms with Gasteiger partial charge in [-0.05, 0) is 66.7 Å². The molecule has 130 valence electrons. The third-order valence-corrected chi connectivity index (χ3v) is 5.07. The summed E-state index contributed by atoms with van der Waals surface area (Å²) in [7, 11) is 0. The van der Waals surface area contributed by atoms with E-state index in [0.717, 1.165) is 28.9 Å². The minimum Gasteiger partial charge on any atom is -0.354 e. The fraction of sp³-hybridized carbons (Fsp3) is 0.200. The van der Waals surface area contributed by atoms with Crippen molar-refractivity contribution in [1.82, 2.24) is 0 Å². The number of anilines is 1. The van der Waals surface area contributed by atoms with Gasteiger partial charge in [0.05, 0.1) is 5.69 Å². The minimum absolute atomic E-state index is 0.877. The molecule has 0 aromatic heterocycles. The molecule has 0 atom stereocenters. The van der Waals surface area contributed by atoms with Gasteiger partial charge >= 0.3 is 0 Å². The highest BCUT2D eigenvalue weighted by molar-refractivity contribution is 6.00. The number of aryl methyl sites for hydroxylation is 2. The monoisotopic (exact) mass is 339 g/mol. The molecule has 0 bridgehead atoms. The lowest BCUT2D eigenvalue weighted by Gasteiger charge is -2.28. The Morgan fingerprint density at radius 3 is 2.42 bits per heavy atom. The van der Waals surface area contributed by atoms with Gasteiger partial charge in [-0.15, -0.1) is 6.42 Å². The number of fused-ring (bicyclic) bond motifs is 1. The summed E-state index contributed by atoms with van der Waals surface area (Å²) in [6.45, 7) is 12.6. The van der Waals surface area contributed by atoms with Crippen molar-refractivity contribution >= 4 is 11.3 Å². The van der Waals surface area contributed by atoms with Gasteiger partial charge in [-0.3, -0.25) is 0 Å². The number of hydrogen-bond donors (Lipinski definition) is 1. The summed E-state index contributed by atoms with van der Waals surface area (Å²) >= 11 is 0. The molecule has 3 rings (SSSR count). The Morgan fingerprint density at radius 2 is 1.85 bits per heavy atom. The standard InChI is InChI=1S/C25H25N/c1-7-10-22-17(5)18(6)26-25-20(9-3)15-16(4)23(24(22)25)21-13-11-19(8-2)12-14-21/h3,7,10-15,26H,6,8H2,1-2,4-5H3/b10-7-. The van der Waals surface area contributed by atoms with Gasteiger partial charge in [0.2, 0.25) is 0 Å². The van der Waals surface area contributed by atoms with Crippen LogP contribution in [-0.4, -0.2) is 0 Å². The predicted octanol–water partition coefficient (Wildman–Crippen LogP) is 6.49. The van der Waals surface area contributed by atoms with Crippen molar-refractivity contribution in [3.8, 4) is 23.5 Å². The summed E-state index contributed by atoms with van der Waals surface area (Å²) < 4.78 is 0. The zero-order valence-electron chi connectivity index (χ0n) is 16.0. The second kappa shape index (κ2) is 7.10. The molecule has 2 aromatic carbocycles. The molecule has 1 aliphatic rings. The molecular formula is C25H25N. The molecule has 2 aromatic rings. The lowest BCUT2D eigenvalue weighted by atomic mass is 9.83. The van der Waals surface area contributed by atoms with Gasteiger partial charge in [0.25, 0.3) is 0 Å². The maximum atomic E-state index is 5.82. The molecule has 0 saturated carbocycles. The highest BCUT2D eigenvalue weighted by Gasteiger charge is 2.25. The van der Waals surface area contributed by atoms with Crippen LogP contribution in [0.5, 0.6) is 0 Å². The summed E-state index contributed by atoms with van der Waals surface area (Å²) in [6, 6.07) is 10.9. The molecular weight excluding hydrogens is 314 g/mol. The molecule has 0 fully saturated rings. The zero-order chi connectivity index (χ0) is 18.8. The van der Waals surface area contributed by atoms with E-state index in [1.54, 1.807) is 0 Å². The molecule has 1 N–H and O–H groups in total. The van der Waals surface area contributed by atoms with E-state index < -0.39 is 0 Å². The average molecular weight is 339 g/mol. The Morgan fingerprint density at radius 1 is 1.15 bits per heavy atom. The van der Waals surface area contributed by atoms with Crippen LogP contribution in [0.25, 0.3) is 16.7 Å². The SMILES string of the molecule is C#Cc1cc(C)c(-c2ccc(CC)cc2)c2c1NC(=C)C(C)=C2/C=C\C. The quantitative estimate of drug-likeness (QED) is 0.630. The Labute approximate surface area is 157 Å². The summed E-state index contributed by atoms with van der Waals surface area (Å²) in [5, 5.41) is 3.45. The van der Waals surface area contributed by atoms with Crippen LogP contribution >= 0.6 is 0 Å². The van der Waals surface area contributed by atoms with Gasteiger partial charge in [0, 0.05) is 16.8 Å². The zero-order valence-corrected chi connectivity index (χ0v) is 16.0. The smallest absolute Gasteiger partial charge is 0.0629 e. The Bertz CT molecular complexity index is 976. The first kappa shape index (κ1) is 17.8. The number of benzene rings is 2. The number of terminal acetylenes is 1. The third-order valence-electron chi connectivity index (χ3n) is 5.07. The third kappa shape index (κ3) is 2.89. The Kier molecular flexibility index (Phi) is 4.87. The van der Waals surface area contributed by atoms with E-state index >= 15 is 0 Å². The Hall–Kier alpha value is -2.98. The molecule has 0 radical (unpaired) electrons. The number of allylic oxidation sites excluding steroid dienone is 4. The molecule has 0 unspecified atom stereocenters. The van der Waals surface area contributed by atoms with Crippen molar-refractivity contribution < 1.29 is 0 Å². The summed E-state index contributed by atoms with van der Waals surface area (Å²) in [5.74, 6) is 2.84. The van der Waals surface area contributed by atoms with E-state index in [0.29, 0.717) is 0 Å². The van der Waals surface area contributed by atoms with E-state index in [4.69, 9.17) is 6.42 Å². The Balaban J connectivity index is 2.39. The van der Waals surface area contributed by atoms with Gasteiger partial charge in [-0.2, -0.15) is 0 Å². The second-order valence-corrected chi connectivity index (χ2v) is 6.70. The van der Waals surface area contributed by atoms with Crippen LogP contribution in [0.4, 0.5) is 5.69 Å². The highest BCUT2D eigenvalue weighted by Crippen LogP contribution is 2.45. The first-order valence-corrected chi connectivity index (χ1v) is 9.05. The van der Waals surface area contributed by atoms with Crippen LogP contribution in [0.2, 0.25) is 0 Å². The van der Waals surface area contributed by atoms with Gasteiger partial charge < -0.3 is 5.32 Å². The average Bonchev–Trinajstić information content (AvgIpc) is 2.65. The molecule has 1 nitrogen and oxygen atoms in total. The van der Waals surface area contributed by atoms with Crippen molar-refractivity contribution in [2.75, 3.05) is 5.32 Å². The van der Waals surface area contributed by atoms with Crippen LogP contribution in [0.3, 0.4) is 0 Å². The summed E-state index contributed by atoms with van der Waals surface area (Å²) in [6.07, 6.45) is 11.1. The van der Waals surface area contributed by atoms with E-state index in [1.165, 1.54) is 33.4 Å². The first-order valence-electron chi connectivity index (χ1n) is 9.05. The van der Waals surface area contributed by atoms with Gasteiger partial charge in [-0.25, -0.2) is 0 Å². The van der Waals surface area contributed by atoms with Gasteiger partial charge in [-0.1, -0.05) is 55.8 Å². The van der Waals surface area contributed by atoms with E-state index in [2.05, 4.69) is 81.1 Å². The van der Waals surface area contributed by atoms with Crippen molar-refractivity contribution in [2.24, 2.45) is 0 Å². The largest absolute Gasteiger partial charge is 0.354 e. The molecule has 1 aliphatic heterocycles. The van der Waals surface area contributed by atoms with Crippen LogP contribution < -0.4 is 5.32 Å². The van der Waals surface area contributed by atoms with E-state index in [9.17, 15) is 0 Å². The maximum Gasteiger partial charge on any atom is 0.0629 e. The van der Waals surface area contributed by atoms with E-state index in [-0.39, 0.29) is 0 Å². The van der Waals surface area contributed by atoms with Crippen LogP contribution in [-0.2, 0) is 6.42 Å². The fourth-order valence-electron chi connectivity index (χ4n) is 3.58.